The molecule has 0 aromatic carbocycles. The summed E-state index contributed by atoms with van der Waals surface area (Å²) in [5.74, 6) is 0.631. The van der Waals surface area contributed by atoms with E-state index in [0.717, 1.165) is 11.8 Å². The van der Waals surface area contributed by atoms with Crippen LogP contribution in [0.2, 0.25) is 0 Å². The molecule has 0 bridgehead atoms. The number of amides is 1. The summed E-state index contributed by atoms with van der Waals surface area (Å²) in [6, 6.07) is 3.63. The van der Waals surface area contributed by atoms with E-state index in [1.165, 1.54) is 4.31 Å². The highest BCUT2D eigenvalue weighted by molar-refractivity contribution is 7.99. The number of aromatic nitrogens is 4. The molecule has 4 heterocycles. The number of carbonyl (C=O) groups is 1. The number of rotatable bonds is 6. The van der Waals surface area contributed by atoms with Gasteiger partial charge in [0.15, 0.2) is 5.76 Å². The Morgan fingerprint density at radius 2 is 2.00 bits per heavy atom. The SMILES string of the molecule is Cc1noc(C)c1S(=O)(=O)N1CCN(C(=O)CSc2nnc(-c3ccc[nH]3)o2)CC1. The van der Waals surface area contributed by atoms with Gasteiger partial charge in [-0.05, 0) is 26.0 Å². The zero-order valence-electron chi connectivity index (χ0n) is 16.4. The quantitative estimate of drug-likeness (QED) is 0.548. The molecule has 13 heteroatoms. The molecule has 160 valence electrons. The molecular formula is C17H20N6O5S2. The monoisotopic (exact) mass is 452 g/mol. The third-order valence-corrected chi connectivity index (χ3v) is 7.66. The van der Waals surface area contributed by atoms with Crippen molar-refractivity contribution in [2.24, 2.45) is 0 Å². The van der Waals surface area contributed by atoms with Crippen molar-refractivity contribution in [1.82, 2.24) is 29.5 Å². The molecule has 11 nitrogen and oxygen atoms in total. The van der Waals surface area contributed by atoms with Gasteiger partial charge < -0.3 is 18.8 Å². The van der Waals surface area contributed by atoms with Crippen LogP contribution in [0.1, 0.15) is 11.5 Å². The van der Waals surface area contributed by atoms with E-state index in [1.54, 1.807) is 24.9 Å². The zero-order valence-corrected chi connectivity index (χ0v) is 18.0. The Bertz CT molecular complexity index is 1110. The molecule has 1 amide bonds. The lowest BCUT2D eigenvalue weighted by Crippen LogP contribution is -2.51. The highest BCUT2D eigenvalue weighted by atomic mass is 32.2. The number of nitrogens with zero attached hydrogens (tertiary/aromatic N) is 5. The summed E-state index contributed by atoms with van der Waals surface area (Å²) in [5, 5.41) is 11.9. The minimum atomic E-state index is -3.71. The van der Waals surface area contributed by atoms with E-state index in [4.69, 9.17) is 8.94 Å². The van der Waals surface area contributed by atoms with Gasteiger partial charge in [-0.2, -0.15) is 4.31 Å². The van der Waals surface area contributed by atoms with Crippen LogP contribution in [0.4, 0.5) is 0 Å². The molecule has 4 rings (SSSR count). The van der Waals surface area contributed by atoms with Gasteiger partial charge >= 0.3 is 0 Å². The van der Waals surface area contributed by atoms with Crippen molar-refractivity contribution < 1.29 is 22.2 Å². The first-order valence-corrected chi connectivity index (χ1v) is 11.6. The van der Waals surface area contributed by atoms with Crippen molar-refractivity contribution >= 4 is 27.7 Å². The molecule has 3 aromatic heterocycles. The van der Waals surface area contributed by atoms with Crippen LogP contribution in [0.25, 0.3) is 11.6 Å². The summed E-state index contributed by atoms with van der Waals surface area (Å²) in [4.78, 5) is 17.2. The summed E-state index contributed by atoms with van der Waals surface area (Å²) >= 11 is 1.15. The van der Waals surface area contributed by atoms with Crippen LogP contribution in [-0.2, 0) is 14.8 Å². The Kier molecular flexibility index (Phi) is 5.66. The number of hydrogen-bond acceptors (Lipinski definition) is 9. The van der Waals surface area contributed by atoms with Crippen LogP contribution in [0.3, 0.4) is 0 Å². The van der Waals surface area contributed by atoms with Gasteiger partial charge in [-0.15, -0.1) is 10.2 Å². The van der Waals surface area contributed by atoms with Gasteiger partial charge in [-0.25, -0.2) is 8.42 Å². The number of hydrogen-bond donors (Lipinski definition) is 1. The Balaban J connectivity index is 1.31. The van der Waals surface area contributed by atoms with Crippen LogP contribution in [0, 0.1) is 13.8 Å². The zero-order chi connectivity index (χ0) is 21.3. The van der Waals surface area contributed by atoms with E-state index in [1.807, 2.05) is 12.1 Å². The second-order valence-corrected chi connectivity index (χ2v) is 9.49. The summed E-state index contributed by atoms with van der Waals surface area (Å²) < 4.78 is 37.6. The van der Waals surface area contributed by atoms with Crippen molar-refractivity contribution in [1.29, 1.82) is 0 Å². The fourth-order valence-corrected chi connectivity index (χ4v) is 5.58. The predicted molar refractivity (Wildman–Crippen MR) is 106 cm³/mol. The van der Waals surface area contributed by atoms with Gasteiger partial charge in [-0.3, -0.25) is 4.79 Å². The normalized spacial score (nSPS) is 15.6. The molecule has 0 saturated carbocycles. The van der Waals surface area contributed by atoms with Crippen molar-refractivity contribution in [2.75, 3.05) is 31.9 Å². The molecule has 1 N–H and O–H groups in total. The second kappa shape index (κ2) is 8.24. The number of aryl methyl sites for hydroxylation is 2. The number of sulfonamides is 1. The number of aromatic amines is 1. The van der Waals surface area contributed by atoms with Gasteiger partial charge in [0.25, 0.3) is 11.1 Å². The van der Waals surface area contributed by atoms with E-state index >= 15 is 0 Å². The average Bonchev–Trinajstić information content (AvgIpc) is 3.47. The molecule has 0 radical (unpaired) electrons. The molecule has 0 aliphatic carbocycles. The molecule has 1 fully saturated rings. The minimum absolute atomic E-state index is 0.104. The van der Waals surface area contributed by atoms with E-state index in [-0.39, 0.29) is 35.4 Å². The molecule has 1 aliphatic rings. The van der Waals surface area contributed by atoms with Gasteiger partial charge in [0.2, 0.25) is 15.9 Å². The molecule has 30 heavy (non-hydrogen) atoms. The number of nitrogens with one attached hydrogen (secondary N) is 1. The smallest absolute Gasteiger partial charge is 0.277 e. The van der Waals surface area contributed by atoms with Gasteiger partial charge in [0.05, 0.1) is 5.75 Å². The van der Waals surface area contributed by atoms with Crippen LogP contribution < -0.4 is 0 Å². The molecule has 3 aromatic rings. The molecule has 1 saturated heterocycles. The number of thioether (sulfide) groups is 1. The second-order valence-electron chi connectivity index (χ2n) is 6.68. The molecule has 0 spiro atoms. The third-order valence-electron chi connectivity index (χ3n) is 4.71. The first-order valence-electron chi connectivity index (χ1n) is 9.17. The maximum Gasteiger partial charge on any atom is 0.277 e. The standard InChI is InChI=1S/C17H20N6O5S2/c1-11-15(12(2)28-21-11)30(25,26)23-8-6-22(7-9-23)14(24)10-29-17-20-19-16(27-17)13-4-3-5-18-13/h3-5,18H,6-10H2,1-2H3. The lowest BCUT2D eigenvalue weighted by Gasteiger charge is -2.33. The number of piperazine rings is 1. The Labute approximate surface area is 176 Å². The first kappa shape index (κ1) is 20.6. The van der Waals surface area contributed by atoms with Gasteiger partial charge in [0.1, 0.15) is 16.3 Å². The fraction of sp³-hybridized carbons (Fsp3) is 0.412. The number of carbonyl (C=O) groups excluding carboxylic acids is 1. The number of H-pyrrole nitrogens is 1. The Morgan fingerprint density at radius 1 is 1.23 bits per heavy atom. The van der Waals surface area contributed by atoms with Crippen molar-refractivity contribution in [3.8, 4) is 11.6 Å². The van der Waals surface area contributed by atoms with Gasteiger partial charge in [-0.1, -0.05) is 16.9 Å². The molecular weight excluding hydrogens is 432 g/mol. The summed E-state index contributed by atoms with van der Waals surface area (Å²) in [7, 11) is -3.71. The largest absolute Gasteiger partial charge is 0.410 e. The lowest BCUT2D eigenvalue weighted by molar-refractivity contribution is -0.129. The van der Waals surface area contributed by atoms with Crippen molar-refractivity contribution in [2.45, 2.75) is 24.0 Å². The van der Waals surface area contributed by atoms with Crippen molar-refractivity contribution in [3.63, 3.8) is 0 Å². The third kappa shape index (κ3) is 4.00. The Hall–Kier alpha value is -2.64. The minimum Gasteiger partial charge on any atom is -0.410 e. The van der Waals surface area contributed by atoms with E-state index in [0.29, 0.717) is 35.6 Å². The van der Waals surface area contributed by atoms with Crippen LogP contribution in [-0.4, -0.2) is 75.8 Å². The van der Waals surface area contributed by atoms with Crippen LogP contribution in [0.15, 0.2) is 37.4 Å². The topological polar surface area (TPSA) is 138 Å². The Morgan fingerprint density at radius 3 is 2.63 bits per heavy atom. The highest BCUT2D eigenvalue weighted by Gasteiger charge is 2.34. The lowest BCUT2D eigenvalue weighted by atomic mass is 10.3. The summed E-state index contributed by atoms with van der Waals surface area (Å²) in [6.07, 6.45) is 1.75. The molecule has 0 atom stereocenters. The fourth-order valence-electron chi connectivity index (χ4n) is 3.20. The first-order chi connectivity index (χ1) is 14.4. The summed E-state index contributed by atoms with van der Waals surface area (Å²) in [6.45, 7) is 4.20. The van der Waals surface area contributed by atoms with Crippen LogP contribution >= 0.6 is 11.8 Å². The molecule has 0 unspecified atom stereocenters. The summed E-state index contributed by atoms with van der Waals surface area (Å²) in [5.41, 5.74) is 1.04. The molecule has 1 aliphatic heterocycles. The maximum absolute atomic E-state index is 12.9. The highest BCUT2D eigenvalue weighted by Crippen LogP contribution is 2.25. The predicted octanol–water partition coefficient (Wildman–Crippen LogP) is 1.29. The van der Waals surface area contributed by atoms with E-state index in [2.05, 4.69) is 20.3 Å². The van der Waals surface area contributed by atoms with Crippen LogP contribution in [0.5, 0.6) is 0 Å². The van der Waals surface area contributed by atoms with E-state index < -0.39 is 10.0 Å². The average molecular weight is 453 g/mol. The maximum atomic E-state index is 12.9. The van der Waals surface area contributed by atoms with Crippen molar-refractivity contribution in [3.05, 3.63) is 29.8 Å². The van der Waals surface area contributed by atoms with Gasteiger partial charge in [0, 0.05) is 32.4 Å². The van der Waals surface area contributed by atoms with E-state index in [9.17, 15) is 13.2 Å².